The van der Waals surface area contributed by atoms with Gasteiger partial charge < -0.3 is 5.11 Å². The minimum absolute atomic E-state index is 0.267. The minimum Gasteiger partial charge on any atom is -0.390 e. The molecule has 0 heterocycles. The summed E-state index contributed by atoms with van der Waals surface area (Å²) >= 11 is 0. The number of hydrogen-bond donors (Lipinski definition) is 1. The maximum Gasteiger partial charge on any atom is 0.136 e. The van der Waals surface area contributed by atoms with Crippen molar-refractivity contribution in [2.45, 2.75) is 190 Å². The van der Waals surface area contributed by atoms with Crippen LogP contribution in [0.3, 0.4) is 0 Å². The highest BCUT2D eigenvalue weighted by molar-refractivity contribution is 5.83. The number of carbonyl (C=O) groups excluding carboxylic acids is 2. The zero-order valence-electron chi connectivity index (χ0n) is 30.5. The maximum absolute atomic E-state index is 12.3. The monoisotopic (exact) mass is 603 g/mol. The van der Waals surface area contributed by atoms with E-state index in [0.29, 0.717) is 40.7 Å². The molecule has 4 fully saturated rings. The topological polar surface area (TPSA) is 54.4 Å². The van der Waals surface area contributed by atoms with Crippen molar-refractivity contribution in [1.29, 1.82) is 0 Å². The average Bonchev–Trinajstić information content (AvgIpc) is 3.47. The summed E-state index contributed by atoms with van der Waals surface area (Å²) in [6, 6.07) is 0. The summed E-state index contributed by atoms with van der Waals surface area (Å²) in [5, 5.41) is 9.82. The van der Waals surface area contributed by atoms with Crippen LogP contribution in [0.25, 0.3) is 0 Å². The van der Waals surface area contributed by atoms with E-state index >= 15 is 0 Å². The molecule has 3 nitrogen and oxygen atoms in total. The van der Waals surface area contributed by atoms with Crippen LogP contribution in [0.5, 0.6) is 0 Å². The number of aliphatic hydroxyl groups is 1. The number of ketones is 2. The zero-order chi connectivity index (χ0) is 32.4. The molecule has 4 aliphatic rings. The van der Waals surface area contributed by atoms with Gasteiger partial charge in [-0.15, -0.1) is 0 Å². The van der Waals surface area contributed by atoms with Crippen LogP contribution in [0.2, 0.25) is 0 Å². The van der Waals surface area contributed by atoms with Gasteiger partial charge in [-0.05, 0) is 112 Å². The predicted molar refractivity (Wildman–Crippen MR) is 184 cm³/mol. The van der Waals surface area contributed by atoms with Crippen molar-refractivity contribution in [2.75, 3.05) is 0 Å². The molecule has 0 aromatic rings. The molecular formula is C40H74O3. The highest BCUT2D eigenvalue weighted by Crippen LogP contribution is 2.58. The first-order valence-electron chi connectivity index (χ1n) is 19.0. The van der Waals surface area contributed by atoms with Crippen molar-refractivity contribution < 1.29 is 14.7 Å². The van der Waals surface area contributed by atoms with E-state index in [9.17, 15) is 14.7 Å². The third-order valence-electron chi connectivity index (χ3n) is 12.6. The van der Waals surface area contributed by atoms with Gasteiger partial charge in [0.15, 0.2) is 0 Å². The highest BCUT2D eigenvalue weighted by atomic mass is 16.3. The van der Waals surface area contributed by atoms with Crippen molar-refractivity contribution in [3.63, 3.8) is 0 Å². The Hall–Kier alpha value is -0.700. The van der Waals surface area contributed by atoms with E-state index in [0.717, 1.165) is 62.7 Å². The van der Waals surface area contributed by atoms with Gasteiger partial charge in [0, 0.05) is 24.7 Å². The van der Waals surface area contributed by atoms with Gasteiger partial charge >= 0.3 is 0 Å². The number of hydrogen-bond acceptors (Lipinski definition) is 3. The second-order valence-corrected chi connectivity index (χ2v) is 16.7. The van der Waals surface area contributed by atoms with Gasteiger partial charge in [0.25, 0.3) is 0 Å². The molecule has 8 atom stereocenters. The molecule has 3 heteroatoms. The Morgan fingerprint density at radius 2 is 1.28 bits per heavy atom. The van der Waals surface area contributed by atoms with Gasteiger partial charge in [-0.2, -0.15) is 0 Å². The molecule has 0 aromatic carbocycles. The van der Waals surface area contributed by atoms with Crippen molar-refractivity contribution in [1.82, 2.24) is 0 Å². The molecule has 0 saturated heterocycles. The summed E-state index contributed by atoms with van der Waals surface area (Å²) in [6.07, 6.45) is 21.3. The summed E-state index contributed by atoms with van der Waals surface area (Å²) in [6.45, 7) is 22.0. The van der Waals surface area contributed by atoms with Gasteiger partial charge in [0.2, 0.25) is 0 Å². The number of carbonyl (C=O) groups is 2. The van der Waals surface area contributed by atoms with Crippen LogP contribution in [-0.2, 0) is 9.59 Å². The molecule has 0 aliphatic heterocycles. The van der Waals surface area contributed by atoms with E-state index in [1.54, 1.807) is 0 Å². The lowest BCUT2D eigenvalue weighted by Crippen LogP contribution is -2.39. The molecule has 1 N–H and O–H groups in total. The lowest BCUT2D eigenvalue weighted by atomic mass is 9.61. The number of Topliss-reactive ketones (excluding diaryl/α,β-unsaturated/α-hetero) is 2. The fraction of sp³-hybridized carbons (Fsp3) is 0.950. The van der Waals surface area contributed by atoms with E-state index in [2.05, 4.69) is 41.5 Å². The van der Waals surface area contributed by atoms with Crippen LogP contribution in [0.15, 0.2) is 0 Å². The average molecular weight is 603 g/mol. The second-order valence-electron chi connectivity index (χ2n) is 16.7. The molecule has 0 radical (unpaired) electrons. The lowest BCUT2D eigenvalue weighted by Gasteiger charge is -2.43. The number of rotatable bonds is 12. The van der Waals surface area contributed by atoms with Gasteiger partial charge in [0.05, 0.1) is 5.60 Å². The Labute approximate surface area is 268 Å². The second kappa shape index (κ2) is 17.3. The summed E-state index contributed by atoms with van der Waals surface area (Å²) < 4.78 is 0. The maximum atomic E-state index is 12.3. The third-order valence-corrected chi connectivity index (χ3v) is 12.6. The van der Waals surface area contributed by atoms with Crippen molar-refractivity contribution >= 4 is 11.6 Å². The predicted octanol–water partition coefficient (Wildman–Crippen LogP) is 11.4. The van der Waals surface area contributed by atoms with Gasteiger partial charge in [-0.3, -0.25) is 9.59 Å². The summed E-state index contributed by atoms with van der Waals surface area (Å²) in [5.41, 5.74) is 0.0686. The molecule has 0 bridgehead atoms. The first-order valence-corrected chi connectivity index (χ1v) is 19.0. The van der Waals surface area contributed by atoms with Gasteiger partial charge in [0.1, 0.15) is 11.6 Å². The fourth-order valence-corrected chi connectivity index (χ4v) is 10.4. The van der Waals surface area contributed by atoms with Crippen LogP contribution in [0.4, 0.5) is 0 Å². The lowest BCUT2D eigenvalue weighted by molar-refractivity contribution is -0.131. The largest absolute Gasteiger partial charge is 0.390 e. The van der Waals surface area contributed by atoms with E-state index in [1.807, 2.05) is 27.7 Å². The van der Waals surface area contributed by atoms with E-state index in [-0.39, 0.29) is 5.41 Å². The minimum atomic E-state index is -0.539. The molecule has 43 heavy (non-hydrogen) atoms. The van der Waals surface area contributed by atoms with E-state index in [4.69, 9.17) is 0 Å². The Kier molecular flexibility index (Phi) is 15.5. The normalized spacial score (nSPS) is 33.6. The van der Waals surface area contributed by atoms with E-state index < -0.39 is 5.60 Å². The molecule has 4 aliphatic carbocycles. The Balaban J connectivity index is 0.000000284. The van der Waals surface area contributed by atoms with Crippen molar-refractivity contribution in [3.8, 4) is 0 Å². The van der Waals surface area contributed by atoms with Crippen LogP contribution in [0.1, 0.15) is 185 Å². The molecular weight excluding hydrogens is 528 g/mol. The van der Waals surface area contributed by atoms with Crippen LogP contribution >= 0.6 is 0 Å². The smallest absolute Gasteiger partial charge is 0.136 e. The molecule has 4 unspecified atom stereocenters. The first-order chi connectivity index (χ1) is 20.2. The Morgan fingerprint density at radius 3 is 1.77 bits per heavy atom. The zero-order valence-corrected chi connectivity index (χ0v) is 30.5. The van der Waals surface area contributed by atoms with E-state index in [1.165, 1.54) is 70.6 Å². The molecule has 252 valence electrons. The number of fused-ring (bicyclic) bond motifs is 2. The summed E-state index contributed by atoms with van der Waals surface area (Å²) in [4.78, 5) is 24.5. The van der Waals surface area contributed by atoms with Crippen LogP contribution in [0, 0.1) is 52.3 Å². The molecule has 4 rings (SSSR count). The van der Waals surface area contributed by atoms with Crippen molar-refractivity contribution in [2.24, 2.45) is 52.3 Å². The first kappa shape index (κ1) is 38.5. The van der Waals surface area contributed by atoms with Crippen LogP contribution in [-0.4, -0.2) is 22.3 Å². The Bertz CT molecular complexity index is 839. The van der Waals surface area contributed by atoms with Gasteiger partial charge in [-0.1, -0.05) is 100 Å². The molecule has 0 spiro atoms. The molecule has 0 amide bonds. The summed E-state index contributed by atoms with van der Waals surface area (Å²) in [5.74, 6) is 5.77. The Morgan fingerprint density at radius 1 is 0.767 bits per heavy atom. The molecule has 4 saturated carbocycles. The third kappa shape index (κ3) is 10.1. The summed E-state index contributed by atoms with van der Waals surface area (Å²) in [7, 11) is 0. The SMILES string of the molecule is CC.CCC[C@H](CCCC(C)C)C1CC[C@H]2C(=O)CCCC12C.C[C@H](CCCC(C)(C)O)C1CC[C@H]2C(=O)CCCC12C. The van der Waals surface area contributed by atoms with Crippen molar-refractivity contribution in [3.05, 3.63) is 0 Å². The van der Waals surface area contributed by atoms with Gasteiger partial charge in [-0.25, -0.2) is 0 Å². The standard InChI is InChI=1S/C20H36O.C18H32O2.C2H6/c1-5-8-16(10-6-9-15(2)3)17-12-13-18-19(21)11-7-14-20(17,18)4;1-13(7-5-11-17(2,3)20)14-9-10-15-16(19)8-6-12-18(14,15)4;1-2/h15-18H,5-14H2,1-4H3;13-15,20H,5-12H2,1-4H3;1-2H3/t16-,17?,18+,20?;13-,14?,15+,18?;/m11./s1. The highest BCUT2D eigenvalue weighted by Gasteiger charge is 2.53. The van der Waals surface area contributed by atoms with Crippen LogP contribution < -0.4 is 0 Å². The quantitative estimate of drug-likeness (QED) is 0.242. The fourth-order valence-electron chi connectivity index (χ4n) is 10.4. The molecule has 0 aromatic heterocycles.